The molecule has 0 saturated heterocycles. The van der Waals surface area contributed by atoms with E-state index in [1.165, 1.54) is 0 Å². The molecule has 0 aromatic heterocycles. The first kappa shape index (κ1) is 18.3. The van der Waals surface area contributed by atoms with Crippen molar-refractivity contribution in [1.82, 2.24) is 5.43 Å². The first-order valence-electron chi connectivity index (χ1n) is 9.40. The van der Waals surface area contributed by atoms with Crippen LogP contribution >= 0.6 is 0 Å². The molecule has 7 heteroatoms. The van der Waals surface area contributed by atoms with Crippen LogP contribution in [0, 0.1) is 0 Å². The Hall–Kier alpha value is -3.71. The van der Waals surface area contributed by atoms with Gasteiger partial charge in [0.15, 0.2) is 0 Å². The van der Waals surface area contributed by atoms with Gasteiger partial charge in [0, 0.05) is 10.9 Å². The van der Waals surface area contributed by atoms with Crippen LogP contribution in [0.1, 0.15) is 5.56 Å². The minimum atomic E-state index is -3.78. The molecule has 5 rings (SSSR count). The summed E-state index contributed by atoms with van der Waals surface area (Å²) in [5.74, 6) is -0.514. The fourth-order valence-corrected chi connectivity index (χ4v) is 5.50. The average Bonchev–Trinajstić information content (AvgIpc) is 2.97. The third-order valence-corrected chi connectivity index (χ3v) is 6.99. The van der Waals surface area contributed by atoms with E-state index in [0.717, 1.165) is 26.0 Å². The summed E-state index contributed by atoms with van der Waals surface area (Å²) < 4.78 is 27.0. The van der Waals surface area contributed by atoms with E-state index in [1.807, 2.05) is 54.6 Å². The van der Waals surface area contributed by atoms with Crippen LogP contribution in [0.4, 0.5) is 5.69 Å². The molecule has 1 aliphatic heterocycles. The largest absolute Gasteiger partial charge is 0.271 e. The molecule has 148 valence electrons. The molecule has 0 saturated carbocycles. The molecule has 1 N–H and O–H groups in total. The van der Waals surface area contributed by atoms with Gasteiger partial charge in [0.2, 0.25) is 0 Å². The van der Waals surface area contributed by atoms with E-state index in [9.17, 15) is 13.2 Å². The second-order valence-electron chi connectivity index (χ2n) is 7.00. The third kappa shape index (κ3) is 2.91. The van der Waals surface area contributed by atoms with Gasteiger partial charge >= 0.3 is 0 Å². The van der Waals surface area contributed by atoms with Crippen molar-refractivity contribution in [2.45, 2.75) is 4.90 Å². The highest BCUT2D eigenvalue weighted by Crippen LogP contribution is 2.41. The normalized spacial score (nSPS) is 14.6. The number of benzene rings is 4. The van der Waals surface area contributed by atoms with Crippen LogP contribution in [0.2, 0.25) is 0 Å². The van der Waals surface area contributed by atoms with Crippen LogP contribution in [0.25, 0.3) is 21.5 Å². The smallest absolute Gasteiger partial charge is 0.265 e. The molecular weight excluding hydrogens is 398 g/mol. The Bertz CT molecular complexity index is 1430. The van der Waals surface area contributed by atoms with Gasteiger partial charge < -0.3 is 0 Å². The molecule has 4 aromatic rings. The number of hydrogen-bond acceptors (Lipinski definition) is 4. The zero-order valence-corrected chi connectivity index (χ0v) is 16.6. The van der Waals surface area contributed by atoms with Crippen LogP contribution in [0.5, 0.6) is 0 Å². The van der Waals surface area contributed by atoms with Crippen molar-refractivity contribution >= 4 is 49.4 Å². The fraction of sp³-hybridized carbons (Fsp3) is 0.0435. The number of amides is 1. The Morgan fingerprint density at radius 3 is 2.47 bits per heavy atom. The standard InChI is InChI=1S/C23H17N3O3S/c27-22(25-24-14-18-10-3-7-16-6-1-2-11-19(16)18)15-26-20-12-4-8-17-9-5-13-21(23(17)20)30(26,28)29/h1-14H,15H2,(H,25,27)/b24-14-. The Labute approximate surface area is 173 Å². The molecule has 1 aliphatic rings. The molecule has 0 bridgehead atoms. The Balaban J connectivity index is 1.38. The molecule has 1 heterocycles. The van der Waals surface area contributed by atoms with Crippen molar-refractivity contribution in [1.29, 1.82) is 0 Å². The highest BCUT2D eigenvalue weighted by Gasteiger charge is 2.36. The van der Waals surface area contributed by atoms with E-state index in [-0.39, 0.29) is 11.4 Å². The minimum Gasteiger partial charge on any atom is -0.271 e. The van der Waals surface area contributed by atoms with Gasteiger partial charge in [0.25, 0.3) is 15.9 Å². The first-order chi connectivity index (χ1) is 14.6. The molecule has 0 aliphatic carbocycles. The van der Waals surface area contributed by atoms with Crippen LogP contribution in [-0.2, 0) is 14.8 Å². The first-order valence-corrected chi connectivity index (χ1v) is 10.8. The molecule has 0 atom stereocenters. The Morgan fingerprint density at radius 1 is 0.900 bits per heavy atom. The lowest BCUT2D eigenvalue weighted by Crippen LogP contribution is -2.37. The quantitative estimate of drug-likeness (QED) is 0.408. The number of rotatable bonds is 4. The summed E-state index contributed by atoms with van der Waals surface area (Å²) in [6.07, 6.45) is 1.56. The summed E-state index contributed by atoms with van der Waals surface area (Å²) in [7, 11) is -3.78. The van der Waals surface area contributed by atoms with Crippen LogP contribution in [-0.4, -0.2) is 27.1 Å². The van der Waals surface area contributed by atoms with E-state index >= 15 is 0 Å². The van der Waals surface area contributed by atoms with E-state index in [4.69, 9.17) is 0 Å². The van der Waals surface area contributed by atoms with Crippen molar-refractivity contribution in [3.8, 4) is 0 Å². The number of hydrogen-bond donors (Lipinski definition) is 1. The number of hydrazone groups is 1. The van der Waals surface area contributed by atoms with E-state index in [1.54, 1.807) is 30.5 Å². The molecular formula is C23H17N3O3S. The lowest BCUT2D eigenvalue weighted by Gasteiger charge is -2.17. The van der Waals surface area contributed by atoms with Crippen molar-refractivity contribution < 1.29 is 13.2 Å². The number of nitrogens with zero attached hydrogens (tertiary/aromatic N) is 2. The van der Waals surface area contributed by atoms with Gasteiger partial charge in [-0.2, -0.15) is 5.10 Å². The zero-order valence-electron chi connectivity index (χ0n) is 15.8. The number of carbonyl (C=O) groups excluding carboxylic acids is 1. The van der Waals surface area contributed by atoms with Gasteiger partial charge in [-0.1, -0.05) is 66.7 Å². The topological polar surface area (TPSA) is 78.8 Å². The number of sulfonamides is 1. The second kappa shape index (κ2) is 6.96. The van der Waals surface area contributed by atoms with Crippen LogP contribution in [0.15, 0.2) is 88.9 Å². The predicted octanol–water partition coefficient (Wildman–Crippen LogP) is 3.65. The van der Waals surface area contributed by atoms with Gasteiger partial charge in [0.1, 0.15) is 6.54 Å². The molecule has 4 aromatic carbocycles. The monoisotopic (exact) mass is 415 g/mol. The third-order valence-electron chi connectivity index (χ3n) is 5.18. The van der Waals surface area contributed by atoms with Gasteiger partial charge in [-0.3, -0.25) is 9.10 Å². The van der Waals surface area contributed by atoms with Crippen LogP contribution < -0.4 is 9.73 Å². The number of nitrogens with one attached hydrogen (secondary N) is 1. The molecule has 1 amide bonds. The summed E-state index contributed by atoms with van der Waals surface area (Å²) in [4.78, 5) is 12.7. The number of carbonyl (C=O) groups is 1. The SMILES string of the molecule is O=C(CN1c2cccc3cccc(c23)S1(=O)=O)N/N=C\c1cccc2ccccc12. The molecule has 30 heavy (non-hydrogen) atoms. The highest BCUT2D eigenvalue weighted by molar-refractivity contribution is 7.93. The highest BCUT2D eigenvalue weighted by atomic mass is 32.2. The van der Waals surface area contributed by atoms with E-state index in [2.05, 4.69) is 10.5 Å². The summed E-state index contributed by atoms with van der Waals surface area (Å²) in [6, 6.07) is 24.2. The lowest BCUT2D eigenvalue weighted by atomic mass is 10.1. The van der Waals surface area contributed by atoms with E-state index in [0.29, 0.717) is 11.1 Å². The number of anilines is 1. The second-order valence-corrected chi connectivity index (χ2v) is 8.84. The number of fused-ring (bicyclic) bond motifs is 1. The zero-order chi connectivity index (χ0) is 20.7. The molecule has 0 unspecified atom stereocenters. The summed E-state index contributed by atoms with van der Waals surface area (Å²) in [5.41, 5.74) is 3.81. The van der Waals surface area contributed by atoms with Gasteiger partial charge in [-0.25, -0.2) is 13.8 Å². The van der Waals surface area contributed by atoms with Crippen molar-refractivity contribution in [3.05, 3.63) is 84.4 Å². The van der Waals surface area contributed by atoms with Gasteiger partial charge in [0.05, 0.1) is 16.8 Å². The average molecular weight is 415 g/mol. The molecule has 0 fully saturated rings. The van der Waals surface area contributed by atoms with Crippen molar-refractivity contribution in [3.63, 3.8) is 0 Å². The van der Waals surface area contributed by atoms with Crippen molar-refractivity contribution in [2.24, 2.45) is 5.10 Å². The summed E-state index contributed by atoms with van der Waals surface area (Å²) in [5, 5.41) is 7.59. The lowest BCUT2D eigenvalue weighted by molar-refractivity contribution is -0.119. The maximum absolute atomic E-state index is 12.9. The molecule has 0 spiro atoms. The minimum absolute atomic E-state index is 0.225. The molecule has 6 nitrogen and oxygen atoms in total. The molecule has 0 radical (unpaired) electrons. The van der Waals surface area contributed by atoms with Crippen LogP contribution in [0.3, 0.4) is 0 Å². The maximum atomic E-state index is 12.9. The predicted molar refractivity (Wildman–Crippen MR) is 118 cm³/mol. The maximum Gasteiger partial charge on any atom is 0.265 e. The fourth-order valence-electron chi connectivity index (χ4n) is 3.83. The van der Waals surface area contributed by atoms with Crippen molar-refractivity contribution in [2.75, 3.05) is 10.8 Å². The Morgan fingerprint density at radius 2 is 1.60 bits per heavy atom. The summed E-state index contributed by atoms with van der Waals surface area (Å²) >= 11 is 0. The van der Waals surface area contributed by atoms with E-state index < -0.39 is 15.9 Å². The summed E-state index contributed by atoms with van der Waals surface area (Å²) in [6.45, 7) is -0.344. The van der Waals surface area contributed by atoms with Gasteiger partial charge in [-0.05, 0) is 28.3 Å². The Kier molecular flexibility index (Phi) is 4.25. The van der Waals surface area contributed by atoms with Gasteiger partial charge in [-0.15, -0.1) is 0 Å².